The number of likely N-dealkylation sites (N-methyl/N-ethyl adjacent to an activating group) is 1. The van der Waals surface area contributed by atoms with Crippen LogP contribution in [0.2, 0.25) is 0 Å². The van der Waals surface area contributed by atoms with Gasteiger partial charge >= 0.3 is 0 Å². The van der Waals surface area contributed by atoms with Crippen LogP contribution in [0.25, 0.3) is 0 Å². The first kappa shape index (κ1) is 13.3. The molecule has 0 saturated carbocycles. The van der Waals surface area contributed by atoms with Gasteiger partial charge in [-0.1, -0.05) is 4.49 Å². The zero-order chi connectivity index (χ0) is 12.0. The molecule has 0 aromatic carbocycles. The van der Waals surface area contributed by atoms with Crippen LogP contribution >= 0.6 is 11.5 Å². The molecule has 4 N–H and O–H groups in total. The van der Waals surface area contributed by atoms with Gasteiger partial charge in [-0.25, -0.2) is 5.84 Å². The minimum atomic E-state index is -0.504. The molecular formula is C8H17N5O2S. The minimum Gasteiger partial charge on any atom is -0.389 e. The van der Waals surface area contributed by atoms with E-state index in [4.69, 9.17) is 10.6 Å². The van der Waals surface area contributed by atoms with Crippen molar-refractivity contribution in [3.63, 3.8) is 0 Å². The quantitative estimate of drug-likeness (QED) is 0.431. The standard InChI is InChI=1S/C8H17N5O2S/c1-13(3-6(14)5-15-2)4-7-8(10-9)16-12-11-7/h6,10,14H,3-5,9H2,1-2H3. The molecule has 0 aliphatic heterocycles. The van der Waals surface area contributed by atoms with E-state index in [2.05, 4.69) is 15.0 Å². The van der Waals surface area contributed by atoms with Crippen LogP contribution in [0.4, 0.5) is 5.00 Å². The van der Waals surface area contributed by atoms with Crippen LogP contribution in [0.15, 0.2) is 0 Å². The number of nitrogens with zero attached hydrogens (tertiary/aromatic N) is 3. The van der Waals surface area contributed by atoms with Crippen LogP contribution in [0.3, 0.4) is 0 Å². The second kappa shape index (κ2) is 6.71. The van der Waals surface area contributed by atoms with E-state index in [9.17, 15) is 5.11 Å². The number of aromatic nitrogens is 2. The van der Waals surface area contributed by atoms with Crippen LogP contribution in [0.5, 0.6) is 0 Å². The Morgan fingerprint density at radius 2 is 2.44 bits per heavy atom. The average Bonchev–Trinajstić information content (AvgIpc) is 2.65. The zero-order valence-electron chi connectivity index (χ0n) is 9.38. The molecule has 0 fully saturated rings. The number of rotatable bonds is 7. The number of ether oxygens (including phenoxy) is 1. The number of hydrogen-bond acceptors (Lipinski definition) is 8. The third-order valence-corrected chi connectivity index (χ3v) is 2.69. The highest BCUT2D eigenvalue weighted by Gasteiger charge is 2.12. The van der Waals surface area contributed by atoms with Gasteiger partial charge in [-0.2, -0.15) is 0 Å². The molecule has 8 heteroatoms. The van der Waals surface area contributed by atoms with Crippen LogP contribution in [-0.2, 0) is 11.3 Å². The summed E-state index contributed by atoms with van der Waals surface area (Å²) < 4.78 is 8.65. The Bertz CT molecular complexity index is 308. The number of methoxy groups -OCH3 is 1. The molecule has 0 amide bonds. The smallest absolute Gasteiger partial charge is 0.148 e. The van der Waals surface area contributed by atoms with E-state index in [0.29, 0.717) is 19.7 Å². The van der Waals surface area contributed by atoms with Gasteiger partial charge in [0.05, 0.1) is 12.7 Å². The molecule has 0 bridgehead atoms. The summed E-state index contributed by atoms with van der Waals surface area (Å²) in [6.07, 6.45) is -0.504. The lowest BCUT2D eigenvalue weighted by atomic mass is 10.3. The number of nitrogens with two attached hydrogens (primary N) is 1. The van der Waals surface area contributed by atoms with E-state index >= 15 is 0 Å². The van der Waals surface area contributed by atoms with E-state index in [-0.39, 0.29) is 0 Å². The fourth-order valence-electron chi connectivity index (χ4n) is 1.35. The van der Waals surface area contributed by atoms with Crippen LogP contribution < -0.4 is 11.3 Å². The maximum atomic E-state index is 9.53. The molecule has 0 aliphatic rings. The van der Waals surface area contributed by atoms with Gasteiger partial charge in [0.25, 0.3) is 0 Å². The van der Waals surface area contributed by atoms with Crippen molar-refractivity contribution in [2.75, 3.05) is 32.7 Å². The number of nitrogen functional groups attached to an aromatic ring is 1. The van der Waals surface area contributed by atoms with Gasteiger partial charge in [0.1, 0.15) is 10.7 Å². The second-order valence-electron chi connectivity index (χ2n) is 3.50. The lowest BCUT2D eigenvalue weighted by molar-refractivity contribution is 0.0417. The molecule has 1 unspecified atom stereocenters. The highest BCUT2D eigenvalue weighted by molar-refractivity contribution is 7.10. The molecule has 7 nitrogen and oxygen atoms in total. The Labute approximate surface area is 98.3 Å². The van der Waals surface area contributed by atoms with Crippen molar-refractivity contribution in [1.29, 1.82) is 0 Å². The monoisotopic (exact) mass is 247 g/mol. The molecule has 1 heterocycles. The van der Waals surface area contributed by atoms with E-state index in [0.717, 1.165) is 10.7 Å². The van der Waals surface area contributed by atoms with Gasteiger partial charge in [-0.05, 0) is 7.05 Å². The fraction of sp³-hybridized carbons (Fsp3) is 0.750. The SMILES string of the molecule is COCC(O)CN(C)Cc1nnsc1NN. The van der Waals surface area contributed by atoms with Crippen molar-refractivity contribution in [3.05, 3.63) is 5.69 Å². The lowest BCUT2D eigenvalue weighted by Gasteiger charge is -2.19. The van der Waals surface area contributed by atoms with Gasteiger partial charge in [0.2, 0.25) is 0 Å². The van der Waals surface area contributed by atoms with Crippen LogP contribution in [-0.4, -0.2) is 53.0 Å². The largest absolute Gasteiger partial charge is 0.389 e. The van der Waals surface area contributed by atoms with Crippen molar-refractivity contribution in [2.45, 2.75) is 12.6 Å². The number of hydrogen-bond donors (Lipinski definition) is 3. The molecule has 0 radical (unpaired) electrons. The van der Waals surface area contributed by atoms with E-state index in [1.165, 1.54) is 11.5 Å². The van der Waals surface area contributed by atoms with Gasteiger partial charge in [-0.15, -0.1) is 5.10 Å². The molecule has 0 saturated heterocycles. The van der Waals surface area contributed by atoms with E-state index < -0.39 is 6.10 Å². The number of aliphatic hydroxyl groups excluding tert-OH is 1. The Hall–Kier alpha value is -0.800. The molecule has 1 rings (SSSR count). The highest BCUT2D eigenvalue weighted by atomic mass is 32.1. The van der Waals surface area contributed by atoms with Gasteiger partial charge in [-0.3, -0.25) is 4.90 Å². The van der Waals surface area contributed by atoms with Crippen molar-refractivity contribution < 1.29 is 9.84 Å². The number of anilines is 1. The molecule has 1 atom stereocenters. The van der Waals surface area contributed by atoms with Crippen molar-refractivity contribution in [1.82, 2.24) is 14.5 Å². The fourth-order valence-corrected chi connectivity index (χ4v) is 1.83. The van der Waals surface area contributed by atoms with E-state index in [1.807, 2.05) is 11.9 Å². The van der Waals surface area contributed by atoms with Crippen LogP contribution in [0.1, 0.15) is 5.69 Å². The summed E-state index contributed by atoms with van der Waals surface area (Å²) >= 11 is 1.21. The Kier molecular flexibility index (Phi) is 5.56. The summed E-state index contributed by atoms with van der Waals surface area (Å²) in [5.74, 6) is 5.31. The van der Waals surface area contributed by atoms with Gasteiger partial charge in [0.15, 0.2) is 0 Å². The van der Waals surface area contributed by atoms with Gasteiger partial charge in [0, 0.05) is 31.7 Å². The Morgan fingerprint density at radius 1 is 1.69 bits per heavy atom. The summed E-state index contributed by atoms with van der Waals surface area (Å²) in [5, 5.41) is 14.2. The first-order chi connectivity index (χ1) is 7.67. The van der Waals surface area contributed by atoms with Crippen molar-refractivity contribution >= 4 is 16.5 Å². The highest BCUT2D eigenvalue weighted by Crippen LogP contribution is 2.17. The third-order valence-electron chi connectivity index (χ3n) is 1.99. The summed E-state index contributed by atoms with van der Waals surface area (Å²) in [7, 11) is 3.45. The second-order valence-corrected chi connectivity index (χ2v) is 4.25. The Morgan fingerprint density at radius 3 is 3.06 bits per heavy atom. The molecule has 0 aliphatic carbocycles. The first-order valence-corrected chi connectivity index (χ1v) is 5.58. The predicted octanol–water partition coefficient (Wildman–Crippen LogP) is -0.737. The van der Waals surface area contributed by atoms with Crippen molar-refractivity contribution in [2.24, 2.45) is 5.84 Å². The molecule has 0 spiro atoms. The average molecular weight is 247 g/mol. The first-order valence-electron chi connectivity index (χ1n) is 4.80. The summed E-state index contributed by atoms with van der Waals surface area (Å²) in [4.78, 5) is 1.93. The molecule has 92 valence electrons. The topological polar surface area (TPSA) is 96.5 Å². The number of nitrogens with one attached hydrogen (secondary N) is 1. The summed E-state index contributed by atoms with van der Waals surface area (Å²) in [6, 6.07) is 0. The number of aliphatic hydroxyl groups is 1. The summed E-state index contributed by atoms with van der Waals surface area (Å²) in [5.41, 5.74) is 3.32. The maximum Gasteiger partial charge on any atom is 0.148 e. The normalized spacial score (nSPS) is 13.1. The lowest BCUT2D eigenvalue weighted by Crippen LogP contribution is -2.31. The van der Waals surface area contributed by atoms with Crippen molar-refractivity contribution in [3.8, 4) is 0 Å². The zero-order valence-corrected chi connectivity index (χ0v) is 10.2. The van der Waals surface area contributed by atoms with E-state index in [1.54, 1.807) is 7.11 Å². The minimum absolute atomic E-state index is 0.321. The predicted molar refractivity (Wildman–Crippen MR) is 61.9 cm³/mol. The maximum absolute atomic E-state index is 9.53. The molecule has 16 heavy (non-hydrogen) atoms. The summed E-state index contributed by atoms with van der Waals surface area (Å²) in [6.45, 7) is 1.41. The molecule has 1 aromatic heterocycles. The Balaban J connectivity index is 2.42. The van der Waals surface area contributed by atoms with Crippen LogP contribution in [0, 0.1) is 0 Å². The molecule has 1 aromatic rings. The van der Waals surface area contributed by atoms with Gasteiger partial charge < -0.3 is 15.3 Å². The number of hydrazine groups is 1. The molecular weight excluding hydrogens is 230 g/mol. The third kappa shape index (κ3) is 3.99.